The second kappa shape index (κ2) is 4.95. The maximum atomic E-state index is 10.0. The second-order valence-corrected chi connectivity index (χ2v) is 3.43. The van der Waals surface area contributed by atoms with Gasteiger partial charge in [-0.1, -0.05) is 42.2 Å². The molecule has 0 saturated carbocycles. The molecule has 0 saturated heterocycles. The van der Waals surface area contributed by atoms with Crippen molar-refractivity contribution in [3.63, 3.8) is 0 Å². The number of nitrogens with zero attached hydrogens (tertiary/aromatic N) is 1. The Labute approximate surface area is 98.5 Å². The van der Waals surface area contributed by atoms with Crippen molar-refractivity contribution in [2.45, 2.75) is 0 Å². The number of allylic oxidation sites excluding steroid dienone is 1. The van der Waals surface area contributed by atoms with Gasteiger partial charge in [-0.3, -0.25) is 10.1 Å². The van der Waals surface area contributed by atoms with E-state index in [-0.39, 0.29) is 0 Å². The minimum Gasteiger partial charge on any atom is -0.259 e. The van der Waals surface area contributed by atoms with Gasteiger partial charge in [0.1, 0.15) is 0 Å². The fraction of sp³-hybridized carbons (Fsp3) is 0. The van der Waals surface area contributed by atoms with Crippen LogP contribution < -0.4 is 0 Å². The number of fused-ring (bicyclic) bond motifs is 1. The number of nitro groups is 1. The van der Waals surface area contributed by atoms with Crippen LogP contribution >= 0.6 is 0 Å². The lowest BCUT2D eigenvalue weighted by atomic mass is 10.1. The fourth-order valence-electron chi connectivity index (χ4n) is 1.49. The first-order valence-corrected chi connectivity index (χ1v) is 5.06. The summed E-state index contributed by atoms with van der Waals surface area (Å²) in [6, 6.07) is 13.8. The van der Waals surface area contributed by atoms with Crippen molar-refractivity contribution >= 4 is 10.8 Å². The summed E-state index contributed by atoms with van der Waals surface area (Å²) < 4.78 is 0. The van der Waals surface area contributed by atoms with Crippen LogP contribution in [0.25, 0.3) is 10.8 Å². The molecular formula is C14H9NO2. The van der Waals surface area contributed by atoms with Crippen LogP contribution in [0.5, 0.6) is 0 Å². The van der Waals surface area contributed by atoms with Gasteiger partial charge in [0.05, 0.1) is 11.0 Å². The highest BCUT2D eigenvalue weighted by atomic mass is 16.6. The van der Waals surface area contributed by atoms with E-state index in [4.69, 9.17) is 0 Å². The molecule has 0 spiro atoms. The molecular weight excluding hydrogens is 214 g/mol. The molecule has 0 aliphatic heterocycles. The van der Waals surface area contributed by atoms with Crippen molar-refractivity contribution in [3.05, 3.63) is 70.4 Å². The van der Waals surface area contributed by atoms with Gasteiger partial charge in [-0.25, -0.2) is 0 Å². The van der Waals surface area contributed by atoms with Gasteiger partial charge in [0.2, 0.25) is 6.20 Å². The van der Waals surface area contributed by atoms with Crippen molar-refractivity contribution in [3.8, 4) is 11.8 Å². The van der Waals surface area contributed by atoms with E-state index in [2.05, 4.69) is 11.8 Å². The van der Waals surface area contributed by atoms with Crippen molar-refractivity contribution in [1.29, 1.82) is 0 Å². The first-order valence-electron chi connectivity index (χ1n) is 5.06. The molecule has 0 aromatic heterocycles. The Hall–Kier alpha value is -2.60. The normalized spacial score (nSPS) is 10.1. The van der Waals surface area contributed by atoms with Gasteiger partial charge in [-0.15, -0.1) is 0 Å². The largest absolute Gasteiger partial charge is 0.259 e. The van der Waals surface area contributed by atoms with Gasteiger partial charge < -0.3 is 0 Å². The summed E-state index contributed by atoms with van der Waals surface area (Å²) in [6.45, 7) is 0. The maximum Gasteiger partial charge on any atom is 0.242 e. The maximum absolute atomic E-state index is 10.0. The molecule has 82 valence electrons. The molecule has 2 aromatic carbocycles. The molecule has 0 radical (unpaired) electrons. The van der Waals surface area contributed by atoms with E-state index >= 15 is 0 Å². The molecule has 2 rings (SSSR count). The smallest absolute Gasteiger partial charge is 0.242 e. The lowest BCUT2D eigenvalue weighted by molar-refractivity contribution is -0.402. The van der Waals surface area contributed by atoms with Crippen LogP contribution in [0, 0.1) is 22.0 Å². The van der Waals surface area contributed by atoms with Gasteiger partial charge in [-0.05, 0) is 22.9 Å². The minimum atomic E-state index is -0.533. The van der Waals surface area contributed by atoms with Gasteiger partial charge in [-0.2, -0.15) is 0 Å². The second-order valence-electron chi connectivity index (χ2n) is 3.43. The first-order chi connectivity index (χ1) is 8.25. The van der Waals surface area contributed by atoms with Crippen LogP contribution in [0.1, 0.15) is 5.56 Å². The quantitative estimate of drug-likeness (QED) is 0.423. The van der Waals surface area contributed by atoms with E-state index in [1.807, 2.05) is 42.5 Å². The van der Waals surface area contributed by atoms with Crippen LogP contribution in [0.4, 0.5) is 0 Å². The third kappa shape index (κ3) is 2.93. The van der Waals surface area contributed by atoms with Crippen LogP contribution in [-0.2, 0) is 0 Å². The van der Waals surface area contributed by atoms with Crippen LogP contribution in [0.15, 0.2) is 54.7 Å². The molecule has 0 amide bonds. The predicted molar refractivity (Wildman–Crippen MR) is 67.0 cm³/mol. The Morgan fingerprint density at radius 3 is 2.65 bits per heavy atom. The summed E-state index contributed by atoms with van der Waals surface area (Å²) in [6.07, 6.45) is 2.06. The number of hydrogen-bond donors (Lipinski definition) is 0. The van der Waals surface area contributed by atoms with E-state index < -0.39 is 4.92 Å². The molecule has 0 heterocycles. The molecule has 3 nitrogen and oxygen atoms in total. The zero-order valence-corrected chi connectivity index (χ0v) is 8.96. The lowest BCUT2D eigenvalue weighted by Gasteiger charge is -1.96. The van der Waals surface area contributed by atoms with Crippen LogP contribution in [0.2, 0.25) is 0 Å². The Balaban J connectivity index is 2.28. The van der Waals surface area contributed by atoms with E-state index in [9.17, 15) is 10.1 Å². The van der Waals surface area contributed by atoms with Crippen molar-refractivity contribution in [2.24, 2.45) is 0 Å². The fourth-order valence-corrected chi connectivity index (χ4v) is 1.49. The molecule has 0 atom stereocenters. The molecule has 3 heteroatoms. The van der Waals surface area contributed by atoms with Crippen molar-refractivity contribution < 1.29 is 4.92 Å². The molecule has 0 bridgehead atoms. The number of benzene rings is 2. The zero-order valence-electron chi connectivity index (χ0n) is 8.96. The Kier molecular flexibility index (Phi) is 3.18. The molecule has 0 N–H and O–H groups in total. The number of hydrogen-bond acceptors (Lipinski definition) is 2. The molecule has 0 unspecified atom stereocenters. The molecule has 17 heavy (non-hydrogen) atoms. The van der Waals surface area contributed by atoms with Crippen LogP contribution in [-0.4, -0.2) is 4.92 Å². The van der Waals surface area contributed by atoms with Gasteiger partial charge in [0.15, 0.2) is 0 Å². The Bertz CT molecular complexity index is 648. The van der Waals surface area contributed by atoms with E-state index in [1.165, 1.54) is 6.08 Å². The third-order valence-electron chi connectivity index (χ3n) is 2.25. The van der Waals surface area contributed by atoms with Gasteiger partial charge >= 0.3 is 0 Å². The first kappa shape index (κ1) is 10.9. The molecule has 0 fully saturated rings. The monoisotopic (exact) mass is 223 g/mol. The summed E-state index contributed by atoms with van der Waals surface area (Å²) in [5, 5.41) is 12.3. The van der Waals surface area contributed by atoms with Crippen molar-refractivity contribution in [1.82, 2.24) is 0 Å². The summed E-state index contributed by atoms with van der Waals surface area (Å²) in [7, 11) is 0. The predicted octanol–water partition coefficient (Wildman–Crippen LogP) is 2.98. The van der Waals surface area contributed by atoms with Crippen molar-refractivity contribution in [2.75, 3.05) is 0 Å². The number of rotatable bonds is 1. The zero-order chi connectivity index (χ0) is 12.1. The summed E-state index contributed by atoms with van der Waals surface area (Å²) in [5.74, 6) is 5.48. The Morgan fingerprint density at radius 1 is 1.12 bits per heavy atom. The van der Waals surface area contributed by atoms with E-state index in [1.54, 1.807) is 0 Å². The standard InChI is InChI=1S/C14H9NO2/c16-15(17)10-4-3-5-12-8-9-13-6-1-2-7-14(13)11-12/h1-2,4,6-11H/b10-4+. The van der Waals surface area contributed by atoms with Gasteiger partial charge in [0, 0.05) is 5.56 Å². The molecule has 0 aliphatic carbocycles. The highest BCUT2D eigenvalue weighted by molar-refractivity contribution is 5.83. The highest BCUT2D eigenvalue weighted by Crippen LogP contribution is 2.14. The van der Waals surface area contributed by atoms with E-state index in [0.29, 0.717) is 0 Å². The topological polar surface area (TPSA) is 43.1 Å². The summed E-state index contributed by atoms with van der Waals surface area (Å²) in [4.78, 5) is 9.50. The average molecular weight is 223 g/mol. The lowest BCUT2D eigenvalue weighted by Crippen LogP contribution is -1.80. The molecule has 2 aromatic rings. The highest BCUT2D eigenvalue weighted by Gasteiger charge is 1.92. The molecule has 0 aliphatic rings. The Morgan fingerprint density at radius 2 is 1.88 bits per heavy atom. The third-order valence-corrected chi connectivity index (χ3v) is 2.25. The summed E-state index contributed by atoms with van der Waals surface area (Å²) >= 11 is 0. The van der Waals surface area contributed by atoms with E-state index in [0.717, 1.165) is 22.5 Å². The minimum absolute atomic E-state index is 0.533. The van der Waals surface area contributed by atoms with Gasteiger partial charge in [0.25, 0.3) is 0 Å². The van der Waals surface area contributed by atoms with Crippen LogP contribution in [0.3, 0.4) is 0 Å². The average Bonchev–Trinajstić information content (AvgIpc) is 2.34. The summed E-state index contributed by atoms with van der Waals surface area (Å²) in [5.41, 5.74) is 0.844. The SMILES string of the molecule is O=[N+]([O-])/C=C/C#Cc1ccc2ccccc2c1.